The van der Waals surface area contributed by atoms with Crippen molar-refractivity contribution in [2.45, 2.75) is 105 Å². The van der Waals surface area contributed by atoms with E-state index in [-0.39, 0.29) is 21.7 Å². The highest BCUT2D eigenvalue weighted by Gasteiger charge is 2.21. The van der Waals surface area contributed by atoms with Gasteiger partial charge in [-0.3, -0.25) is 19.9 Å². The van der Waals surface area contributed by atoms with Gasteiger partial charge in [-0.25, -0.2) is 9.97 Å². The maximum atomic E-state index is 5.19. The third-order valence-electron chi connectivity index (χ3n) is 10.8. The molecule has 0 fully saturated rings. The SMILES string of the molecule is CC(C)(C)c1ccnc(-c2cc(-c3ccc(-c4cc(-c5cc(C(C)(C)C)ccn5)nc(-c5cc(C(C)(C)C)ccn5)c4)cc3)cc(-c3cc(C(C)(C)C)ccn3)n2)c1. The summed E-state index contributed by atoms with van der Waals surface area (Å²) in [6.45, 7) is 26.6. The Labute approximate surface area is 345 Å². The van der Waals surface area contributed by atoms with E-state index in [0.29, 0.717) is 0 Å². The van der Waals surface area contributed by atoms with Crippen molar-refractivity contribution in [1.82, 2.24) is 29.9 Å². The molecule has 58 heavy (non-hydrogen) atoms. The molecule has 0 aliphatic heterocycles. The summed E-state index contributed by atoms with van der Waals surface area (Å²) in [6, 6.07) is 34.3. The second kappa shape index (κ2) is 15.1. The van der Waals surface area contributed by atoms with Gasteiger partial charge in [0.1, 0.15) is 0 Å². The molecular formula is C52H56N6. The molecule has 0 saturated carbocycles. The van der Waals surface area contributed by atoms with Crippen molar-refractivity contribution in [3.05, 3.63) is 144 Å². The molecule has 0 amide bonds. The van der Waals surface area contributed by atoms with Crippen LogP contribution in [0.3, 0.4) is 0 Å². The quantitative estimate of drug-likeness (QED) is 0.168. The van der Waals surface area contributed by atoms with Crippen LogP contribution in [0.25, 0.3) is 67.8 Å². The first kappa shape index (κ1) is 40.3. The average Bonchev–Trinajstić information content (AvgIpc) is 3.19. The van der Waals surface area contributed by atoms with Crippen LogP contribution in [0.5, 0.6) is 0 Å². The van der Waals surface area contributed by atoms with E-state index in [4.69, 9.17) is 29.9 Å². The number of benzene rings is 1. The molecule has 6 nitrogen and oxygen atoms in total. The molecule has 6 heterocycles. The van der Waals surface area contributed by atoms with Gasteiger partial charge in [-0.2, -0.15) is 0 Å². The second-order valence-corrected chi connectivity index (χ2v) is 19.5. The molecule has 6 heteroatoms. The fourth-order valence-electron chi connectivity index (χ4n) is 6.92. The van der Waals surface area contributed by atoms with Gasteiger partial charge in [-0.05, 0) is 139 Å². The van der Waals surface area contributed by atoms with Crippen LogP contribution in [0.2, 0.25) is 0 Å². The third-order valence-corrected chi connectivity index (χ3v) is 10.8. The summed E-state index contributed by atoms with van der Waals surface area (Å²) in [5.74, 6) is 0. The molecule has 0 bridgehead atoms. The van der Waals surface area contributed by atoms with Gasteiger partial charge >= 0.3 is 0 Å². The minimum atomic E-state index is -0.0276. The standard InChI is InChI=1S/C52H56N6/c1-49(2,3)37-17-21-53-41(29-37)45-25-35(26-46(57-45)42-30-38(18-22-54-42)50(4,5)6)33-13-15-34(16-14-33)36-27-47(43-31-39(19-23-55-43)51(7,8)9)58-48(28-36)44-32-40(20-24-56-44)52(10,11)12/h13-32H,1-12H3. The number of nitrogens with zero attached hydrogens (tertiary/aromatic N) is 6. The number of hydrogen-bond acceptors (Lipinski definition) is 6. The van der Waals surface area contributed by atoms with Crippen LogP contribution < -0.4 is 0 Å². The van der Waals surface area contributed by atoms with Crippen LogP contribution in [0.15, 0.2) is 122 Å². The molecule has 0 radical (unpaired) electrons. The molecule has 0 spiro atoms. The first-order valence-electron chi connectivity index (χ1n) is 20.2. The lowest BCUT2D eigenvalue weighted by atomic mass is 9.86. The van der Waals surface area contributed by atoms with Gasteiger partial charge in [0, 0.05) is 24.8 Å². The Morgan fingerprint density at radius 2 is 0.483 bits per heavy atom. The molecule has 0 aliphatic rings. The first-order chi connectivity index (χ1) is 27.2. The summed E-state index contributed by atoms with van der Waals surface area (Å²) in [5.41, 5.74) is 15.5. The molecule has 0 saturated heterocycles. The maximum Gasteiger partial charge on any atom is 0.0900 e. The Balaban J connectivity index is 1.35. The lowest BCUT2D eigenvalue weighted by molar-refractivity contribution is 0.589. The molecule has 0 unspecified atom stereocenters. The number of rotatable bonds is 6. The van der Waals surface area contributed by atoms with E-state index < -0.39 is 0 Å². The fourth-order valence-corrected chi connectivity index (χ4v) is 6.92. The minimum absolute atomic E-state index is 0.0276. The summed E-state index contributed by atoms with van der Waals surface area (Å²) in [5, 5.41) is 0. The summed E-state index contributed by atoms with van der Waals surface area (Å²) >= 11 is 0. The van der Waals surface area contributed by atoms with Gasteiger partial charge in [0.15, 0.2) is 0 Å². The Hall–Kier alpha value is -5.88. The van der Waals surface area contributed by atoms with Gasteiger partial charge in [-0.1, -0.05) is 107 Å². The zero-order valence-electron chi connectivity index (χ0n) is 36.2. The molecule has 7 rings (SSSR count). The van der Waals surface area contributed by atoms with Gasteiger partial charge in [0.05, 0.1) is 45.6 Å². The van der Waals surface area contributed by atoms with Crippen molar-refractivity contribution in [2.24, 2.45) is 0 Å². The smallest absolute Gasteiger partial charge is 0.0900 e. The van der Waals surface area contributed by atoms with E-state index in [1.54, 1.807) is 0 Å². The van der Waals surface area contributed by atoms with Crippen LogP contribution >= 0.6 is 0 Å². The Bertz CT molecular complexity index is 2260. The highest BCUT2D eigenvalue weighted by molar-refractivity contribution is 5.79. The van der Waals surface area contributed by atoms with Crippen molar-refractivity contribution in [3.8, 4) is 67.8 Å². The monoisotopic (exact) mass is 764 g/mol. The second-order valence-electron chi connectivity index (χ2n) is 19.5. The van der Waals surface area contributed by atoms with Crippen LogP contribution in [-0.4, -0.2) is 29.9 Å². The van der Waals surface area contributed by atoms with Crippen LogP contribution in [0.4, 0.5) is 0 Å². The summed E-state index contributed by atoms with van der Waals surface area (Å²) in [6.07, 6.45) is 7.55. The highest BCUT2D eigenvalue weighted by atomic mass is 14.8. The zero-order chi connectivity index (χ0) is 41.6. The van der Waals surface area contributed by atoms with Crippen molar-refractivity contribution in [3.63, 3.8) is 0 Å². The van der Waals surface area contributed by atoms with Gasteiger partial charge in [0.25, 0.3) is 0 Å². The van der Waals surface area contributed by atoms with Crippen LogP contribution in [0.1, 0.15) is 105 Å². The van der Waals surface area contributed by atoms with E-state index in [2.05, 4.69) is 180 Å². The van der Waals surface area contributed by atoms with Crippen molar-refractivity contribution < 1.29 is 0 Å². The van der Waals surface area contributed by atoms with Gasteiger partial charge in [0.2, 0.25) is 0 Å². The summed E-state index contributed by atoms with van der Waals surface area (Å²) in [7, 11) is 0. The maximum absolute atomic E-state index is 5.19. The third kappa shape index (κ3) is 8.97. The highest BCUT2D eigenvalue weighted by Crippen LogP contribution is 2.36. The molecule has 1 aromatic carbocycles. The normalized spacial score (nSPS) is 12.5. The van der Waals surface area contributed by atoms with E-state index in [9.17, 15) is 0 Å². The van der Waals surface area contributed by atoms with Gasteiger partial charge in [-0.15, -0.1) is 0 Å². The first-order valence-corrected chi connectivity index (χ1v) is 20.2. The predicted octanol–water partition coefficient (Wildman–Crippen LogP) is 13.2. The van der Waals surface area contributed by atoms with E-state index in [0.717, 1.165) is 67.8 Å². The van der Waals surface area contributed by atoms with Crippen molar-refractivity contribution in [2.75, 3.05) is 0 Å². The molecule has 0 aliphatic carbocycles. The number of pyridine rings is 6. The fraction of sp³-hybridized carbons (Fsp3) is 0.308. The lowest BCUT2D eigenvalue weighted by Crippen LogP contribution is -2.11. The largest absolute Gasteiger partial charge is 0.255 e. The minimum Gasteiger partial charge on any atom is -0.255 e. The molecule has 6 aromatic heterocycles. The van der Waals surface area contributed by atoms with Crippen LogP contribution in [0, 0.1) is 0 Å². The van der Waals surface area contributed by atoms with Crippen molar-refractivity contribution in [1.29, 1.82) is 0 Å². The van der Waals surface area contributed by atoms with Gasteiger partial charge < -0.3 is 0 Å². The average molecular weight is 765 g/mol. The topological polar surface area (TPSA) is 77.3 Å². The Kier molecular flexibility index (Phi) is 10.5. The molecule has 294 valence electrons. The molecular weight excluding hydrogens is 709 g/mol. The van der Waals surface area contributed by atoms with Crippen LogP contribution in [-0.2, 0) is 21.7 Å². The molecule has 0 atom stereocenters. The predicted molar refractivity (Wildman–Crippen MR) is 241 cm³/mol. The van der Waals surface area contributed by atoms with E-state index in [1.165, 1.54) is 22.3 Å². The van der Waals surface area contributed by atoms with Crippen molar-refractivity contribution >= 4 is 0 Å². The summed E-state index contributed by atoms with van der Waals surface area (Å²) < 4.78 is 0. The lowest BCUT2D eigenvalue weighted by Gasteiger charge is -2.20. The Morgan fingerprint density at radius 3 is 0.690 bits per heavy atom. The summed E-state index contributed by atoms with van der Waals surface area (Å²) in [4.78, 5) is 29.6. The molecule has 0 N–H and O–H groups in total. The number of aromatic nitrogens is 6. The molecule has 7 aromatic rings. The Morgan fingerprint density at radius 1 is 0.259 bits per heavy atom. The van der Waals surface area contributed by atoms with E-state index in [1.807, 2.05) is 24.8 Å². The zero-order valence-corrected chi connectivity index (χ0v) is 36.2. The van der Waals surface area contributed by atoms with E-state index >= 15 is 0 Å². The number of hydrogen-bond donors (Lipinski definition) is 0.